The molecule has 0 aromatic rings. The van der Waals surface area contributed by atoms with Gasteiger partial charge >= 0.3 is 5.97 Å². The topological polar surface area (TPSA) is 63.2 Å². The normalized spacial score (nSPS) is 41.0. The van der Waals surface area contributed by atoms with E-state index >= 15 is 0 Å². The lowest BCUT2D eigenvalue weighted by Crippen LogP contribution is -2.38. The maximum atomic E-state index is 11.9. The Morgan fingerprint density at radius 2 is 1.83 bits per heavy atom. The summed E-state index contributed by atoms with van der Waals surface area (Å²) in [6, 6.07) is 0. The monoisotopic (exact) mass is 346 g/mol. The molecule has 23 heavy (non-hydrogen) atoms. The van der Waals surface area contributed by atoms with Gasteiger partial charge < -0.3 is 23.7 Å². The second kappa shape index (κ2) is 6.19. The van der Waals surface area contributed by atoms with E-state index in [9.17, 15) is 4.79 Å². The number of ether oxygens (including phenoxy) is 5. The van der Waals surface area contributed by atoms with Crippen molar-refractivity contribution in [2.75, 3.05) is 13.2 Å². The minimum atomic E-state index is -0.642. The SMILES string of the molecule is CCOC(=O)C[C@@H]1S[C@@H]([C@H]2COC(C)(C)O2)[C@@H]2OC(C)(C)O[C@@H]21. The summed E-state index contributed by atoms with van der Waals surface area (Å²) in [4.78, 5) is 11.9. The predicted octanol–water partition coefficient (Wildman–Crippen LogP) is 2.10. The summed E-state index contributed by atoms with van der Waals surface area (Å²) in [5.74, 6) is -1.41. The van der Waals surface area contributed by atoms with E-state index in [0.717, 1.165) is 0 Å². The van der Waals surface area contributed by atoms with Gasteiger partial charge in [-0.1, -0.05) is 0 Å². The van der Waals surface area contributed by atoms with Crippen LogP contribution in [0.15, 0.2) is 0 Å². The molecule has 0 bridgehead atoms. The molecule has 7 heteroatoms. The van der Waals surface area contributed by atoms with Crippen LogP contribution in [0.4, 0.5) is 0 Å². The predicted molar refractivity (Wildman–Crippen MR) is 85.1 cm³/mol. The Balaban J connectivity index is 1.73. The van der Waals surface area contributed by atoms with Crippen molar-refractivity contribution in [1.82, 2.24) is 0 Å². The van der Waals surface area contributed by atoms with Gasteiger partial charge in [0.2, 0.25) is 0 Å². The van der Waals surface area contributed by atoms with Crippen molar-refractivity contribution < 1.29 is 28.5 Å². The Bertz CT molecular complexity index is 465. The highest BCUT2D eigenvalue weighted by Crippen LogP contribution is 2.49. The maximum absolute atomic E-state index is 11.9. The van der Waals surface area contributed by atoms with Crippen LogP contribution in [0.2, 0.25) is 0 Å². The van der Waals surface area contributed by atoms with Crippen LogP contribution in [0.1, 0.15) is 41.0 Å². The molecular weight excluding hydrogens is 320 g/mol. The van der Waals surface area contributed by atoms with Crippen molar-refractivity contribution in [1.29, 1.82) is 0 Å². The molecule has 3 heterocycles. The van der Waals surface area contributed by atoms with E-state index in [0.29, 0.717) is 19.6 Å². The van der Waals surface area contributed by atoms with Crippen LogP contribution in [0, 0.1) is 0 Å². The molecule has 132 valence electrons. The Morgan fingerprint density at radius 3 is 2.43 bits per heavy atom. The van der Waals surface area contributed by atoms with Crippen LogP contribution in [0.25, 0.3) is 0 Å². The van der Waals surface area contributed by atoms with Gasteiger partial charge in [-0.15, -0.1) is 11.8 Å². The van der Waals surface area contributed by atoms with Crippen molar-refractivity contribution >= 4 is 17.7 Å². The highest BCUT2D eigenvalue weighted by molar-refractivity contribution is 8.01. The number of hydrogen-bond donors (Lipinski definition) is 0. The summed E-state index contributed by atoms with van der Waals surface area (Å²) in [7, 11) is 0. The second-order valence-electron chi connectivity index (χ2n) is 7.08. The van der Waals surface area contributed by atoms with Gasteiger partial charge in [0.25, 0.3) is 0 Å². The van der Waals surface area contributed by atoms with Crippen LogP contribution in [-0.2, 0) is 28.5 Å². The first-order valence-electron chi connectivity index (χ1n) is 8.19. The quantitative estimate of drug-likeness (QED) is 0.722. The van der Waals surface area contributed by atoms with Crippen LogP contribution in [0.5, 0.6) is 0 Å². The summed E-state index contributed by atoms with van der Waals surface area (Å²) in [5, 5.41) is 0.0983. The van der Waals surface area contributed by atoms with Crippen molar-refractivity contribution in [3.8, 4) is 0 Å². The first-order valence-corrected chi connectivity index (χ1v) is 9.13. The third kappa shape index (κ3) is 3.69. The number of rotatable bonds is 4. The first-order chi connectivity index (χ1) is 10.7. The molecule has 0 radical (unpaired) electrons. The summed E-state index contributed by atoms with van der Waals surface area (Å²) in [5.41, 5.74) is 0. The molecule has 3 aliphatic rings. The first kappa shape index (κ1) is 17.5. The average molecular weight is 346 g/mol. The molecule has 3 saturated heterocycles. The highest BCUT2D eigenvalue weighted by atomic mass is 32.2. The van der Waals surface area contributed by atoms with E-state index in [2.05, 4.69) is 0 Å². The zero-order chi connectivity index (χ0) is 16.8. The largest absolute Gasteiger partial charge is 0.466 e. The molecule has 3 aliphatic heterocycles. The fraction of sp³-hybridized carbons (Fsp3) is 0.938. The van der Waals surface area contributed by atoms with Gasteiger partial charge in [-0.2, -0.15) is 0 Å². The van der Waals surface area contributed by atoms with Crippen molar-refractivity contribution in [3.63, 3.8) is 0 Å². The second-order valence-corrected chi connectivity index (χ2v) is 8.50. The van der Waals surface area contributed by atoms with E-state index < -0.39 is 11.6 Å². The zero-order valence-corrected chi connectivity index (χ0v) is 15.2. The van der Waals surface area contributed by atoms with Gasteiger partial charge in [-0.25, -0.2) is 0 Å². The number of esters is 1. The number of fused-ring (bicyclic) bond motifs is 1. The van der Waals surface area contributed by atoms with Crippen LogP contribution in [0.3, 0.4) is 0 Å². The lowest BCUT2D eigenvalue weighted by Gasteiger charge is -2.26. The van der Waals surface area contributed by atoms with Crippen molar-refractivity contribution in [2.45, 2.75) is 81.4 Å². The van der Waals surface area contributed by atoms with Crippen LogP contribution < -0.4 is 0 Å². The van der Waals surface area contributed by atoms with Gasteiger partial charge in [0.1, 0.15) is 12.2 Å². The van der Waals surface area contributed by atoms with Gasteiger partial charge in [-0.05, 0) is 34.6 Å². The number of hydrogen-bond acceptors (Lipinski definition) is 7. The number of carbonyl (C=O) groups is 1. The van der Waals surface area contributed by atoms with Crippen molar-refractivity contribution in [2.24, 2.45) is 0 Å². The molecule has 0 spiro atoms. The van der Waals surface area contributed by atoms with Crippen molar-refractivity contribution in [3.05, 3.63) is 0 Å². The van der Waals surface area contributed by atoms with E-state index in [-0.39, 0.29) is 34.8 Å². The summed E-state index contributed by atoms with van der Waals surface area (Å²) in [6.45, 7) is 10.4. The molecular formula is C16H26O6S. The molecule has 0 aromatic heterocycles. The summed E-state index contributed by atoms with van der Waals surface area (Å²) >= 11 is 1.70. The highest BCUT2D eigenvalue weighted by Gasteiger charge is 2.58. The summed E-state index contributed by atoms with van der Waals surface area (Å²) in [6.07, 6.45) is 0.0351. The van der Waals surface area contributed by atoms with Gasteiger partial charge in [0.05, 0.1) is 31.0 Å². The Kier molecular flexibility index (Phi) is 4.70. The Hall–Kier alpha value is -0.340. The molecule has 0 N–H and O–H groups in total. The molecule has 0 amide bonds. The van der Waals surface area contributed by atoms with Gasteiger partial charge in [0.15, 0.2) is 11.6 Å². The molecule has 0 saturated carbocycles. The molecule has 3 rings (SSSR count). The van der Waals surface area contributed by atoms with Gasteiger partial charge in [0, 0.05) is 5.25 Å². The molecule has 0 aromatic carbocycles. The number of thioether (sulfide) groups is 1. The number of carbonyl (C=O) groups excluding carboxylic acids is 1. The molecule has 0 unspecified atom stereocenters. The lowest BCUT2D eigenvalue weighted by atomic mass is 10.0. The third-order valence-electron chi connectivity index (χ3n) is 4.26. The fourth-order valence-corrected chi connectivity index (χ4v) is 5.12. The van der Waals surface area contributed by atoms with Crippen LogP contribution >= 0.6 is 11.8 Å². The Labute approximate surface area is 141 Å². The molecule has 0 aliphatic carbocycles. The zero-order valence-electron chi connectivity index (χ0n) is 14.4. The molecule has 5 atom stereocenters. The van der Waals surface area contributed by atoms with E-state index in [1.807, 2.05) is 34.6 Å². The maximum Gasteiger partial charge on any atom is 0.306 e. The smallest absolute Gasteiger partial charge is 0.306 e. The lowest BCUT2D eigenvalue weighted by molar-refractivity contribution is -0.157. The van der Waals surface area contributed by atoms with E-state index in [4.69, 9.17) is 23.7 Å². The summed E-state index contributed by atoms with van der Waals surface area (Å²) < 4.78 is 29.0. The minimum absolute atomic E-state index is 0.0122. The molecule has 3 fully saturated rings. The van der Waals surface area contributed by atoms with E-state index in [1.165, 1.54) is 0 Å². The average Bonchev–Trinajstić information content (AvgIpc) is 3.02. The molecule has 6 nitrogen and oxygen atoms in total. The van der Waals surface area contributed by atoms with Gasteiger partial charge in [-0.3, -0.25) is 4.79 Å². The Morgan fingerprint density at radius 1 is 1.13 bits per heavy atom. The minimum Gasteiger partial charge on any atom is -0.466 e. The fourth-order valence-electron chi connectivity index (χ4n) is 3.44. The standard InChI is InChI=1S/C16H26O6S/c1-6-18-11(17)7-10-12-13(22-16(4,5)21-12)14(23-10)9-8-19-15(2,3)20-9/h9-10,12-14H,6-8H2,1-5H3/t9-,10+,12-,13-,14+/m1/s1. The van der Waals surface area contributed by atoms with Crippen LogP contribution in [-0.4, -0.2) is 59.6 Å². The third-order valence-corrected chi connectivity index (χ3v) is 5.93. The van der Waals surface area contributed by atoms with E-state index in [1.54, 1.807) is 11.8 Å².